The van der Waals surface area contributed by atoms with Crippen LogP contribution in [0, 0.1) is 19.8 Å². The maximum atomic E-state index is 13.6. The zero-order valence-electron chi connectivity index (χ0n) is 19.2. The van der Waals surface area contributed by atoms with E-state index in [1.807, 2.05) is 55.1 Å². The number of hydrogen-bond donors (Lipinski definition) is 1. The van der Waals surface area contributed by atoms with Crippen LogP contribution in [0.4, 0.5) is 0 Å². The molecule has 3 aromatic rings. The minimum absolute atomic E-state index is 0.0296. The predicted molar refractivity (Wildman–Crippen MR) is 128 cm³/mol. The van der Waals surface area contributed by atoms with Crippen LogP contribution in [0.3, 0.4) is 0 Å². The minimum Gasteiger partial charge on any atom is -0.496 e. The summed E-state index contributed by atoms with van der Waals surface area (Å²) >= 11 is 0. The second kappa shape index (κ2) is 9.60. The molecule has 1 aromatic heterocycles. The number of hydrogen-bond acceptors (Lipinski definition) is 3. The lowest BCUT2D eigenvalue weighted by Gasteiger charge is -2.30. The van der Waals surface area contributed by atoms with E-state index in [0.717, 1.165) is 59.0 Å². The molecule has 0 spiro atoms. The van der Waals surface area contributed by atoms with E-state index in [2.05, 4.69) is 11.1 Å². The van der Waals surface area contributed by atoms with Gasteiger partial charge in [-0.1, -0.05) is 49.6 Å². The topological polar surface area (TPSA) is 62.4 Å². The molecule has 1 N–H and O–H groups in total. The summed E-state index contributed by atoms with van der Waals surface area (Å²) in [5, 5.41) is 1.03. The summed E-state index contributed by atoms with van der Waals surface area (Å²) in [6.45, 7) is 4.75. The minimum atomic E-state index is -0.132. The van der Waals surface area contributed by atoms with Gasteiger partial charge >= 0.3 is 0 Å². The highest BCUT2D eigenvalue weighted by atomic mass is 16.5. The average Bonchev–Trinajstić information content (AvgIpc) is 2.82. The Morgan fingerprint density at radius 3 is 2.44 bits per heavy atom. The fourth-order valence-corrected chi connectivity index (χ4v) is 4.80. The van der Waals surface area contributed by atoms with Gasteiger partial charge in [0.25, 0.3) is 5.56 Å². The van der Waals surface area contributed by atoms with E-state index >= 15 is 0 Å². The number of nitrogens with zero attached hydrogens (tertiary/aromatic N) is 1. The molecule has 32 heavy (non-hydrogen) atoms. The van der Waals surface area contributed by atoms with Crippen molar-refractivity contribution in [1.82, 2.24) is 9.88 Å². The number of aryl methyl sites for hydroxylation is 2. The fourth-order valence-electron chi connectivity index (χ4n) is 4.80. The van der Waals surface area contributed by atoms with E-state index < -0.39 is 0 Å². The number of pyridine rings is 1. The second-order valence-electron chi connectivity index (χ2n) is 8.95. The summed E-state index contributed by atoms with van der Waals surface area (Å²) < 4.78 is 5.53. The van der Waals surface area contributed by atoms with E-state index in [0.29, 0.717) is 12.1 Å². The molecule has 1 saturated carbocycles. The Labute approximate surface area is 189 Å². The monoisotopic (exact) mass is 432 g/mol. The first-order valence-electron chi connectivity index (χ1n) is 11.5. The third-order valence-corrected chi connectivity index (χ3v) is 6.70. The number of carbonyl (C=O) groups excluding carboxylic acids is 1. The van der Waals surface area contributed by atoms with Crippen molar-refractivity contribution in [2.75, 3.05) is 7.11 Å². The molecular weight excluding hydrogens is 400 g/mol. The van der Waals surface area contributed by atoms with Crippen LogP contribution in [-0.4, -0.2) is 22.9 Å². The molecule has 5 heteroatoms. The number of rotatable bonds is 6. The number of fused-ring (bicyclic) bond motifs is 1. The van der Waals surface area contributed by atoms with Crippen molar-refractivity contribution < 1.29 is 9.53 Å². The van der Waals surface area contributed by atoms with Crippen LogP contribution in [0.5, 0.6) is 5.75 Å². The molecule has 1 heterocycles. The molecule has 1 aliphatic rings. The van der Waals surface area contributed by atoms with Crippen molar-refractivity contribution in [3.8, 4) is 5.75 Å². The van der Waals surface area contributed by atoms with Crippen LogP contribution >= 0.6 is 0 Å². The van der Waals surface area contributed by atoms with E-state index in [1.54, 1.807) is 7.11 Å². The summed E-state index contributed by atoms with van der Waals surface area (Å²) in [7, 11) is 1.64. The first kappa shape index (κ1) is 22.1. The van der Waals surface area contributed by atoms with Gasteiger partial charge in [0, 0.05) is 29.0 Å². The Morgan fingerprint density at radius 2 is 1.69 bits per heavy atom. The van der Waals surface area contributed by atoms with Crippen LogP contribution in [0.25, 0.3) is 10.9 Å². The first-order valence-corrected chi connectivity index (χ1v) is 11.5. The van der Waals surface area contributed by atoms with Crippen molar-refractivity contribution in [3.63, 3.8) is 0 Å². The Kier molecular flexibility index (Phi) is 6.63. The number of para-hydroxylation sites is 1. The van der Waals surface area contributed by atoms with Gasteiger partial charge in [-0.05, 0) is 49.9 Å². The lowest BCUT2D eigenvalue weighted by molar-refractivity contribution is -0.137. The van der Waals surface area contributed by atoms with Crippen molar-refractivity contribution in [1.29, 1.82) is 0 Å². The number of ether oxygens (including phenoxy) is 1. The van der Waals surface area contributed by atoms with Gasteiger partial charge in [0.1, 0.15) is 5.75 Å². The van der Waals surface area contributed by atoms with Gasteiger partial charge in [0.15, 0.2) is 0 Å². The Morgan fingerprint density at radius 1 is 1.00 bits per heavy atom. The zero-order valence-corrected chi connectivity index (χ0v) is 19.2. The fraction of sp³-hybridized carbons (Fsp3) is 0.407. The van der Waals surface area contributed by atoms with E-state index in [-0.39, 0.29) is 23.9 Å². The normalized spacial score (nSPS) is 14.5. The molecule has 1 fully saturated rings. The smallest absolute Gasteiger partial charge is 0.253 e. The van der Waals surface area contributed by atoms with Gasteiger partial charge < -0.3 is 14.6 Å². The van der Waals surface area contributed by atoms with Crippen LogP contribution < -0.4 is 10.3 Å². The van der Waals surface area contributed by atoms with E-state index in [1.165, 1.54) is 6.42 Å². The first-order chi connectivity index (χ1) is 15.5. The molecule has 1 aliphatic carbocycles. The summed E-state index contributed by atoms with van der Waals surface area (Å²) in [6.07, 6.45) is 5.22. The highest BCUT2D eigenvalue weighted by Gasteiger charge is 2.27. The molecule has 0 aliphatic heterocycles. The van der Waals surface area contributed by atoms with Gasteiger partial charge in [-0.3, -0.25) is 9.59 Å². The van der Waals surface area contributed by atoms with Gasteiger partial charge in [-0.2, -0.15) is 0 Å². The molecule has 4 rings (SSSR count). The van der Waals surface area contributed by atoms with E-state index in [9.17, 15) is 9.59 Å². The molecule has 5 nitrogen and oxygen atoms in total. The molecule has 0 saturated heterocycles. The Balaban J connectivity index is 1.71. The maximum Gasteiger partial charge on any atom is 0.253 e. The standard InChI is InChI=1S/C27H32N2O3/c1-18-13-14-19(2)25-23(18)15-22(26(30)28-25)17-29(27(31)20-9-5-4-6-10-20)16-21-11-7-8-12-24(21)32-3/h7-8,11-15,20H,4-6,9-10,16-17H2,1-3H3,(H,28,30). The molecule has 168 valence electrons. The zero-order chi connectivity index (χ0) is 22.7. The third-order valence-electron chi connectivity index (χ3n) is 6.70. The van der Waals surface area contributed by atoms with Gasteiger partial charge in [-0.15, -0.1) is 0 Å². The number of aromatic nitrogens is 1. The number of aromatic amines is 1. The molecule has 0 unspecified atom stereocenters. The number of methoxy groups -OCH3 is 1. The number of nitrogens with one attached hydrogen (secondary N) is 1. The molecule has 0 atom stereocenters. The number of amides is 1. The summed E-state index contributed by atoms with van der Waals surface area (Å²) in [6, 6.07) is 13.8. The number of benzene rings is 2. The highest BCUT2D eigenvalue weighted by molar-refractivity contribution is 5.85. The largest absolute Gasteiger partial charge is 0.496 e. The average molecular weight is 433 g/mol. The van der Waals surface area contributed by atoms with Gasteiger partial charge in [-0.25, -0.2) is 0 Å². The lowest BCUT2D eigenvalue weighted by Crippen LogP contribution is -2.37. The highest BCUT2D eigenvalue weighted by Crippen LogP contribution is 2.28. The molecule has 0 bridgehead atoms. The Hall–Kier alpha value is -3.08. The quantitative estimate of drug-likeness (QED) is 0.578. The maximum absolute atomic E-state index is 13.6. The van der Waals surface area contributed by atoms with Crippen molar-refractivity contribution >= 4 is 16.8 Å². The lowest BCUT2D eigenvalue weighted by atomic mass is 9.88. The molecule has 0 radical (unpaired) electrons. The SMILES string of the molecule is COc1ccccc1CN(Cc1cc2c(C)ccc(C)c2[nH]c1=O)C(=O)C1CCCCC1. The van der Waals surface area contributed by atoms with Gasteiger partial charge in [0.05, 0.1) is 19.2 Å². The van der Waals surface area contributed by atoms with E-state index in [4.69, 9.17) is 4.74 Å². The molecular formula is C27H32N2O3. The van der Waals surface area contributed by atoms with Crippen molar-refractivity contribution in [3.05, 3.63) is 75.1 Å². The summed E-state index contributed by atoms with van der Waals surface area (Å²) in [5.74, 6) is 0.922. The number of H-pyrrole nitrogens is 1. The van der Waals surface area contributed by atoms with Crippen LogP contribution in [0.1, 0.15) is 54.4 Å². The summed E-state index contributed by atoms with van der Waals surface area (Å²) in [4.78, 5) is 31.5. The Bertz CT molecular complexity index is 1180. The van der Waals surface area contributed by atoms with Crippen LogP contribution in [0.15, 0.2) is 47.3 Å². The molecule has 2 aromatic carbocycles. The predicted octanol–water partition coefficient (Wildman–Crippen LogP) is 5.26. The van der Waals surface area contributed by atoms with Crippen LogP contribution in [-0.2, 0) is 17.9 Å². The third kappa shape index (κ3) is 4.57. The van der Waals surface area contributed by atoms with Crippen molar-refractivity contribution in [2.45, 2.75) is 59.0 Å². The van der Waals surface area contributed by atoms with Crippen LogP contribution in [0.2, 0.25) is 0 Å². The van der Waals surface area contributed by atoms with Gasteiger partial charge in [0.2, 0.25) is 5.91 Å². The molecule has 1 amide bonds. The number of carbonyl (C=O) groups is 1. The second-order valence-corrected chi connectivity index (χ2v) is 8.95. The van der Waals surface area contributed by atoms with Crippen molar-refractivity contribution in [2.24, 2.45) is 5.92 Å². The summed E-state index contributed by atoms with van der Waals surface area (Å²) in [5.41, 5.74) is 4.45.